The van der Waals surface area contributed by atoms with Gasteiger partial charge in [0.2, 0.25) is 0 Å². The molecule has 0 bridgehead atoms. The molecule has 1 N–H and O–H groups in total. The summed E-state index contributed by atoms with van der Waals surface area (Å²) in [5.74, 6) is 0. The third-order valence-electron chi connectivity index (χ3n) is 1.24. The van der Waals surface area contributed by atoms with E-state index in [0.29, 0.717) is 6.04 Å². The molecular formula is C7H16N2O. The molecule has 3 nitrogen and oxygen atoms in total. The van der Waals surface area contributed by atoms with Crippen molar-refractivity contribution in [2.45, 2.75) is 19.4 Å². The first kappa shape index (κ1) is 9.43. The van der Waals surface area contributed by atoms with Gasteiger partial charge in [-0.1, -0.05) is 0 Å². The number of ether oxygens (including phenoxy) is 1. The Kier molecular flexibility index (Phi) is 6.18. The minimum absolute atomic E-state index is 0.448. The summed E-state index contributed by atoms with van der Waals surface area (Å²) in [7, 11) is 3.46. The van der Waals surface area contributed by atoms with Crippen LogP contribution in [0.1, 0.15) is 13.3 Å². The van der Waals surface area contributed by atoms with Gasteiger partial charge >= 0.3 is 0 Å². The van der Waals surface area contributed by atoms with Crippen LogP contribution in [-0.4, -0.2) is 33.1 Å². The van der Waals surface area contributed by atoms with Crippen molar-refractivity contribution in [3.63, 3.8) is 0 Å². The average molecular weight is 144 g/mol. The third-order valence-corrected chi connectivity index (χ3v) is 1.24. The monoisotopic (exact) mass is 144 g/mol. The molecular weight excluding hydrogens is 128 g/mol. The normalized spacial score (nSPS) is 13.9. The molecule has 1 unspecified atom stereocenters. The molecule has 0 radical (unpaired) electrons. The molecule has 0 aromatic carbocycles. The van der Waals surface area contributed by atoms with Crippen LogP contribution in [-0.2, 0) is 4.74 Å². The minimum atomic E-state index is 0.448. The SMILES string of the molecule is C/N=C/NC(C)CCOC. The highest BCUT2D eigenvalue weighted by Crippen LogP contribution is 1.87. The van der Waals surface area contributed by atoms with Crippen molar-refractivity contribution in [2.24, 2.45) is 4.99 Å². The molecule has 0 fully saturated rings. The van der Waals surface area contributed by atoms with Crippen molar-refractivity contribution in [3.05, 3.63) is 0 Å². The number of hydrogen-bond acceptors (Lipinski definition) is 2. The van der Waals surface area contributed by atoms with Crippen molar-refractivity contribution in [1.82, 2.24) is 5.32 Å². The maximum absolute atomic E-state index is 4.91. The van der Waals surface area contributed by atoms with Gasteiger partial charge in [-0.05, 0) is 13.3 Å². The van der Waals surface area contributed by atoms with Crippen LogP contribution in [0, 0.1) is 0 Å². The second kappa shape index (κ2) is 6.55. The van der Waals surface area contributed by atoms with Gasteiger partial charge in [-0.3, -0.25) is 4.99 Å². The van der Waals surface area contributed by atoms with Crippen LogP contribution in [0.15, 0.2) is 4.99 Å². The Morgan fingerprint density at radius 2 is 2.40 bits per heavy atom. The molecule has 1 atom stereocenters. The molecule has 0 spiro atoms. The summed E-state index contributed by atoms with van der Waals surface area (Å²) in [6, 6.07) is 0.448. The van der Waals surface area contributed by atoms with Gasteiger partial charge in [0.1, 0.15) is 0 Å². The first-order valence-corrected chi connectivity index (χ1v) is 3.47. The summed E-state index contributed by atoms with van der Waals surface area (Å²) in [4.78, 5) is 3.81. The van der Waals surface area contributed by atoms with E-state index in [1.54, 1.807) is 20.5 Å². The summed E-state index contributed by atoms with van der Waals surface area (Å²) in [6.45, 7) is 2.90. The van der Waals surface area contributed by atoms with E-state index in [9.17, 15) is 0 Å². The zero-order chi connectivity index (χ0) is 7.82. The summed E-state index contributed by atoms with van der Waals surface area (Å²) < 4.78 is 4.91. The van der Waals surface area contributed by atoms with Crippen molar-refractivity contribution >= 4 is 6.34 Å². The second-order valence-corrected chi connectivity index (χ2v) is 2.24. The highest BCUT2D eigenvalue weighted by Gasteiger charge is 1.95. The molecule has 0 aromatic rings. The van der Waals surface area contributed by atoms with Gasteiger partial charge in [0.15, 0.2) is 0 Å². The lowest BCUT2D eigenvalue weighted by atomic mass is 10.2. The number of nitrogens with one attached hydrogen (secondary N) is 1. The molecule has 3 heteroatoms. The Balaban J connectivity index is 3.16. The lowest BCUT2D eigenvalue weighted by Crippen LogP contribution is -2.25. The van der Waals surface area contributed by atoms with Crippen LogP contribution in [0.25, 0.3) is 0 Å². The molecule has 0 aliphatic carbocycles. The van der Waals surface area contributed by atoms with E-state index in [4.69, 9.17) is 4.74 Å². The first-order valence-electron chi connectivity index (χ1n) is 3.47. The quantitative estimate of drug-likeness (QED) is 0.454. The van der Waals surface area contributed by atoms with E-state index >= 15 is 0 Å². The number of rotatable bonds is 5. The highest BCUT2D eigenvalue weighted by molar-refractivity contribution is 5.54. The maximum atomic E-state index is 4.91. The fourth-order valence-electron chi connectivity index (χ4n) is 0.580. The minimum Gasteiger partial charge on any atom is -0.385 e. The largest absolute Gasteiger partial charge is 0.385 e. The van der Waals surface area contributed by atoms with Crippen LogP contribution < -0.4 is 5.32 Å². The fraction of sp³-hybridized carbons (Fsp3) is 0.857. The standard InChI is InChI=1S/C7H16N2O/c1-7(4-5-10-3)9-6-8-2/h6-7H,4-5H2,1-3H3,(H,8,9). The number of nitrogens with zero attached hydrogens (tertiary/aromatic N) is 1. The summed E-state index contributed by atoms with van der Waals surface area (Å²) in [6.07, 6.45) is 2.73. The predicted molar refractivity (Wildman–Crippen MR) is 43.5 cm³/mol. The van der Waals surface area contributed by atoms with Gasteiger partial charge in [0.25, 0.3) is 0 Å². The Labute approximate surface area is 62.5 Å². The van der Waals surface area contributed by atoms with Crippen molar-refractivity contribution in [1.29, 1.82) is 0 Å². The van der Waals surface area contributed by atoms with Crippen molar-refractivity contribution < 1.29 is 4.74 Å². The smallest absolute Gasteiger partial charge is 0.0822 e. The van der Waals surface area contributed by atoms with E-state index in [0.717, 1.165) is 13.0 Å². The molecule has 10 heavy (non-hydrogen) atoms. The highest BCUT2D eigenvalue weighted by atomic mass is 16.5. The number of aliphatic imine (C=N–C) groups is 1. The molecule has 0 heterocycles. The third kappa shape index (κ3) is 5.56. The molecule has 0 rings (SSSR count). The molecule has 0 aliphatic heterocycles. The maximum Gasteiger partial charge on any atom is 0.0822 e. The summed E-state index contributed by atoms with van der Waals surface area (Å²) in [5, 5.41) is 3.10. The van der Waals surface area contributed by atoms with E-state index in [1.165, 1.54) is 0 Å². The Morgan fingerprint density at radius 1 is 1.70 bits per heavy atom. The van der Waals surface area contributed by atoms with Gasteiger partial charge < -0.3 is 10.1 Å². The van der Waals surface area contributed by atoms with Gasteiger partial charge in [-0.2, -0.15) is 0 Å². The molecule has 60 valence electrons. The summed E-state index contributed by atoms with van der Waals surface area (Å²) >= 11 is 0. The van der Waals surface area contributed by atoms with Crippen LogP contribution in [0.5, 0.6) is 0 Å². The summed E-state index contributed by atoms with van der Waals surface area (Å²) in [5.41, 5.74) is 0. The molecule has 0 saturated heterocycles. The van der Waals surface area contributed by atoms with Gasteiger partial charge in [0, 0.05) is 26.8 Å². The zero-order valence-electron chi connectivity index (χ0n) is 6.92. The first-order chi connectivity index (χ1) is 4.81. The molecule has 0 saturated carbocycles. The Hall–Kier alpha value is -0.570. The van der Waals surface area contributed by atoms with E-state index in [1.807, 2.05) is 0 Å². The average Bonchev–Trinajstić information content (AvgIpc) is 1.97. The van der Waals surface area contributed by atoms with Crippen LogP contribution in [0.2, 0.25) is 0 Å². The van der Waals surface area contributed by atoms with Crippen molar-refractivity contribution in [2.75, 3.05) is 20.8 Å². The van der Waals surface area contributed by atoms with Crippen molar-refractivity contribution in [3.8, 4) is 0 Å². The number of methoxy groups -OCH3 is 1. The number of hydrogen-bond donors (Lipinski definition) is 1. The van der Waals surface area contributed by atoms with E-state index in [2.05, 4.69) is 17.2 Å². The van der Waals surface area contributed by atoms with E-state index in [-0.39, 0.29) is 0 Å². The lowest BCUT2D eigenvalue weighted by Gasteiger charge is -2.09. The van der Waals surface area contributed by atoms with Gasteiger partial charge in [0.05, 0.1) is 6.34 Å². The van der Waals surface area contributed by atoms with Crippen LogP contribution in [0.4, 0.5) is 0 Å². The topological polar surface area (TPSA) is 33.6 Å². The zero-order valence-corrected chi connectivity index (χ0v) is 6.92. The van der Waals surface area contributed by atoms with Gasteiger partial charge in [-0.25, -0.2) is 0 Å². The molecule has 0 aliphatic rings. The van der Waals surface area contributed by atoms with E-state index < -0.39 is 0 Å². The molecule has 0 amide bonds. The fourth-order valence-corrected chi connectivity index (χ4v) is 0.580. The Morgan fingerprint density at radius 3 is 2.90 bits per heavy atom. The molecule has 0 aromatic heterocycles. The van der Waals surface area contributed by atoms with Crippen LogP contribution in [0.3, 0.4) is 0 Å². The van der Waals surface area contributed by atoms with Gasteiger partial charge in [-0.15, -0.1) is 0 Å². The Bertz CT molecular complexity index is 93.6. The lowest BCUT2D eigenvalue weighted by molar-refractivity contribution is 0.187. The predicted octanol–water partition coefficient (Wildman–Crippen LogP) is 0.659. The second-order valence-electron chi connectivity index (χ2n) is 2.24. The van der Waals surface area contributed by atoms with Crippen LogP contribution >= 0.6 is 0 Å².